The lowest BCUT2D eigenvalue weighted by Gasteiger charge is -2.29. The first-order valence-corrected chi connectivity index (χ1v) is 9.88. The molecule has 0 unspecified atom stereocenters. The molecule has 0 amide bonds. The van der Waals surface area contributed by atoms with Crippen molar-refractivity contribution in [2.24, 2.45) is 5.92 Å². The zero-order valence-electron chi connectivity index (χ0n) is 16.5. The topological polar surface area (TPSA) is 54.2 Å². The summed E-state index contributed by atoms with van der Waals surface area (Å²) in [6.07, 6.45) is 4.15. The second kappa shape index (κ2) is 7.76. The van der Waals surface area contributed by atoms with E-state index in [0.717, 1.165) is 47.2 Å². The SMILES string of the molecule is Cc1cccc(F)c1-c1cc(NCC2CCN(C)CC2)c2cc(N)ncc2c1. The first-order valence-electron chi connectivity index (χ1n) is 9.88. The number of benzene rings is 2. The van der Waals surface area contributed by atoms with Gasteiger partial charge in [-0.3, -0.25) is 0 Å². The van der Waals surface area contributed by atoms with Crippen molar-refractivity contribution in [2.45, 2.75) is 19.8 Å². The third kappa shape index (κ3) is 3.80. The van der Waals surface area contributed by atoms with Crippen LogP contribution < -0.4 is 11.1 Å². The molecule has 3 aromatic rings. The summed E-state index contributed by atoms with van der Waals surface area (Å²) >= 11 is 0. The standard InChI is InChI=1S/C23H27FN4/c1-15-4-3-5-20(24)23(15)17-10-18-14-27-22(25)12-19(18)21(11-17)26-13-16-6-8-28(2)9-7-16/h3-5,10-12,14,16,26H,6-9,13H2,1-2H3,(H2,25,27). The highest BCUT2D eigenvalue weighted by Crippen LogP contribution is 2.34. The van der Waals surface area contributed by atoms with Gasteiger partial charge in [0.25, 0.3) is 0 Å². The minimum Gasteiger partial charge on any atom is -0.384 e. The highest BCUT2D eigenvalue weighted by Gasteiger charge is 2.17. The summed E-state index contributed by atoms with van der Waals surface area (Å²) in [5.74, 6) is 0.929. The summed E-state index contributed by atoms with van der Waals surface area (Å²) in [7, 11) is 2.17. The van der Waals surface area contributed by atoms with Gasteiger partial charge >= 0.3 is 0 Å². The van der Waals surface area contributed by atoms with E-state index in [2.05, 4.69) is 22.2 Å². The molecular formula is C23H27FN4. The molecule has 28 heavy (non-hydrogen) atoms. The van der Waals surface area contributed by atoms with Gasteiger partial charge in [0.1, 0.15) is 11.6 Å². The predicted octanol–water partition coefficient (Wildman–Crippen LogP) is 4.69. The summed E-state index contributed by atoms with van der Waals surface area (Å²) in [5.41, 5.74) is 9.35. The molecule has 3 N–H and O–H groups in total. The van der Waals surface area contributed by atoms with Crippen molar-refractivity contribution < 1.29 is 4.39 Å². The van der Waals surface area contributed by atoms with Crippen LogP contribution >= 0.6 is 0 Å². The fraction of sp³-hybridized carbons (Fsp3) is 0.348. The van der Waals surface area contributed by atoms with E-state index < -0.39 is 0 Å². The molecule has 1 fully saturated rings. The molecule has 4 nitrogen and oxygen atoms in total. The van der Waals surface area contributed by atoms with Gasteiger partial charge in [0, 0.05) is 34.8 Å². The molecule has 1 aliphatic rings. The van der Waals surface area contributed by atoms with Crippen LogP contribution in [-0.2, 0) is 0 Å². The normalized spacial score (nSPS) is 15.8. The lowest BCUT2D eigenvalue weighted by molar-refractivity contribution is 0.226. The maximum Gasteiger partial charge on any atom is 0.131 e. The Labute approximate surface area is 165 Å². The Bertz CT molecular complexity index is 973. The van der Waals surface area contributed by atoms with E-state index >= 15 is 0 Å². The van der Waals surface area contributed by atoms with Crippen LogP contribution in [0.25, 0.3) is 21.9 Å². The van der Waals surface area contributed by atoms with Gasteiger partial charge in [-0.25, -0.2) is 9.37 Å². The van der Waals surface area contributed by atoms with E-state index in [0.29, 0.717) is 17.3 Å². The Morgan fingerprint density at radius 2 is 2.00 bits per heavy atom. The van der Waals surface area contributed by atoms with E-state index in [-0.39, 0.29) is 5.82 Å². The number of pyridine rings is 1. The lowest BCUT2D eigenvalue weighted by Crippen LogP contribution is -2.32. The molecule has 1 aromatic heterocycles. The summed E-state index contributed by atoms with van der Waals surface area (Å²) in [5, 5.41) is 5.61. The van der Waals surface area contributed by atoms with E-state index in [4.69, 9.17) is 5.73 Å². The van der Waals surface area contributed by atoms with Crippen LogP contribution in [0, 0.1) is 18.7 Å². The van der Waals surface area contributed by atoms with Crippen LogP contribution in [0.2, 0.25) is 0 Å². The Morgan fingerprint density at radius 1 is 1.21 bits per heavy atom. The van der Waals surface area contributed by atoms with Gasteiger partial charge in [0.15, 0.2) is 0 Å². The predicted molar refractivity (Wildman–Crippen MR) is 115 cm³/mol. The molecule has 146 valence electrons. The minimum absolute atomic E-state index is 0.205. The number of anilines is 2. The molecule has 2 heterocycles. The second-order valence-electron chi connectivity index (χ2n) is 7.91. The van der Waals surface area contributed by atoms with Crippen LogP contribution in [0.5, 0.6) is 0 Å². The molecule has 0 spiro atoms. The first kappa shape index (κ1) is 18.7. The van der Waals surface area contributed by atoms with E-state index in [9.17, 15) is 4.39 Å². The van der Waals surface area contributed by atoms with Crippen molar-refractivity contribution in [3.05, 3.63) is 54.0 Å². The molecule has 0 radical (unpaired) electrons. The van der Waals surface area contributed by atoms with Crippen molar-refractivity contribution in [1.29, 1.82) is 0 Å². The van der Waals surface area contributed by atoms with Crippen LogP contribution in [0.4, 0.5) is 15.9 Å². The Balaban J connectivity index is 1.72. The zero-order chi connectivity index (χ0) is 19.7. The summed E-state index contributed by atoms with van der Waals surface area (Å²) in [6.45, 7) is 5.12. The number of aryl methyl sites for hydroxylation is 1. The summed E-state index contributed by atoms with van der Waals surface area (Å²) in [4.78, 5) is 6.61. The molecule has 0 aliphatic carbocycles. The molecule has 0 atom stereocenters. The zero-order valence-corrected chi connectivity index (χ0v) is 16.5. The van der Waals surface area contributed by atoms with Crippen LogP contribution in [0.3, 0.4) is 0 Å². The number of nitrogens with zero attached hydrogens (tertiary/aromatic N) is 2. The van der Waals surface area contributed by atoms with Crippen molar-refractivity contribution in [1.82, 2.24) is 9.88 Å². The van der Waals surface area contributed by atoms with Crippen molar-refractivity contribution in [2.75, 3.05) is 37.7 Å². The Kier molecular flexibility index (Phi) is 5.18. The van der Waals surface area contributed by atoms with Crippen molar-refractivity contribution >= 4 is 22.3 Å². The molecule has 0 saturated carbocycles. The third-order valence-corrected chi connectivity index (χ3v) is 5.79. The van der Waals surface area contributed by atoms with E-state index in [1.54, 1.807) is 12.3 Å². The minimum atomic E-state index is -0.205. The Morgan fingerprint density at radius 3 is 2.75 bits per heavy atom. The lowest BCUT2D eigenvalue weighted by atomic mass is 9.95. The van der Waals surface area contributed by atoms with E-state index in [1.165, 1.54) is 18.9 Å². The number of nitrogens with one attached hydrogen (secondary N) is 1. The van der Waals surface area contributed by atoms with Gasteiger partial charge in [-0.2, -0.15) is 0 Å². The monoisotopic (exact) mass is 378 g/mol. The maximum absolute atomic E-state index is 14.6. The number of aromatic nitrogens is 1. The number of hydrogen-bond donors (Lipinski definition) is 2. The highest BCUT2D eigenvalue weighted by molar-refractivity contribution is 5.98. The number of likely N-dealkylation sites (tertiary alicyclic amines) is 1. The van der Waals surface area contributed by atoms with Crippen molar-refractivity contribution in [3.63, 3.8) is 0 Å². The fourth-order valence-electron chi connectivity index (χ4n) is 4.08. The summed E-state index contributed by atoms with van der Waals surface area (Å²) in [6, 6.07) is 11.1. The molecule has 4 rings (SSSR count). The maximum atomic E-state index is 14.6. The number of piperidine rings is 1. The van der Waals surface area contributed by atoms with Gasteiger partial charge in [-0.15, -0.1) is 0 Å². The van der Waals surface area contributed by atoms with Crippen LogP contribution in [-0.4, -0.2) is 36.6 Å². The summed E-state index contributed by atoms with van der Waals surface area (Å²) < 4.78 is 14.6. The van der Waals surface area contributed by atoms with Crippen LogP contribution in [0.15, 0.2) is 42.6 Å². The molecule has 1 aliphatic heterocycles. The second-order valence-corrected chi connectivity index (χ2v) is 7.91. The van der Waals surface area contributed by atoms with E-state index in [1.807, 2.05) is 31.2 Å². The van der Waals surface area contributed by atoms with Crippen molar-refractivity contribution in [3.8, 4) is 11.1 Å². The molecule has 5 heteroatoms. The quantitative estimate of drug-likeness (QED) is 0.692. The fourth-order valence-corrected chi connectivity index (χ4v) is 4.08. The number of hydrogen-bond acceptors (Lipinski definition) is 4. The molecule has 0 bridgehead atoms. The number of nitrogens with two attached hydrogens (primary N) is 1. The van der Waals surface area contributed by atoms with Gasteiger partial charge in [-0.05, 0) is 81.2 Å². The highest BCUT2D eigenvalue weighted by atomic mass is 19.1. The van der Waals surface area contributed by atoms with Gasteiger partial charge < -0.3 is 16.0 Å². The van der Waals surface area contributed by atoms with Gasteiger partial charge in [0.05, 0.1) is 0 Å². The molecule has 2 aromatic carbocycles. The third-order valence-electron chi connectivity index (χ3n) is 5.79. The smallest absolute Gasteiger partial charge is 0.131 e. The molecule has 1 saturated heterocycles. The average molecular weight is 378 g/mol. The first-order chi connectivity index (χ1) is 13.5. The largest absolute Gasteiger partial charge is 0.384 e. The number of halogens is 1. The number of rotatable bonds is 4. The van der Waals surface area contributed by atoms with Gasteiger partial charge in [-0.1, -0.05) is 12.1 Å². The number of fused-ring (bicyclic) bond motifs is 1. The van der Waals surface area contributed by atoms with Gasteiger partial charge in [0.2, 0.25) is 0 Å². The number of nitrogen functional groups attached to an aromatic ring is 1. The van der Waals surface area contributed by atoms with Crippen LogP contribution in [0.1, 0.15) is 18.4 Å². The molecular weight excluding hydrogens is 351 g/mol. The Hall–Kier alpha value is -2.66. The average Bonchev–Trinajstić information content (AvgIpc) is 2.67.